The molecule has 1 N–H and O–H groups in total. The van der Waals surface area contributed by atoms with Crippen LogP contribution in [0.4, 0.5) is 0 Å². The zero-order valence-electron chi connectivity index (χ0n) is 15.9. The first-order valence-electron chi connectivity index (χ1n) is 9.71. The summed E-state index contributed by atoms with van der Waals surface area (Å²) in [5.74, 6) is 0.692. The van der Waals surface area contributed by atoms with Crippen LogP contribution in [0.1, 0.15) is 48.6 Å². The van der Waals surface area contributed by atoms with Crippen LogP contribution in [0.15, 0.2) is 47.1 Å². The number of nitrogens with zero attached hydrogens (tertiary/aromatic N) is 3. The van der Waals surface area contributed by atoms with Gasteiger partial charge in [0.2, 0.25) is 5.91 Å². The molecule has 0 aliphatic carbocycles. The van der Waals surface area contributed by atoms with Gasteiger partial charge in [-0.1, -0.05) is 12.1 Å². The summed E-state index contributed by atoms with van der Waals surface area (Å²) in [6.07, 6.45) is 4.75. The number of imidazole rings is 1. The van der Waals surface area contributed by atoms with Gasteiger partial charge in [-0.05, 0) is 50.5 Å². The fraction of sp³-hybridized carbons (Fsp3) is 0.381. The highest BCUT2D eigenvalue weighted by Crippen LogP contribution is 2.22. The standard InChI is InChI=1S/C21H24N4O3/c1-15(22-21(27)18-10-7-13-28-18)20-23-16-8-3-4-9-17(16)25(20)14-19(26)24-11-5-2-6-12-24/h3-4,7-10,13,15H,2,5-6,11-12,14H2,1H3,(H,22,27). The highest BCUT2D eigenvalue weighted by molar-refractivity contribution is 5.91. The van der Waals surface area contributed by atoms with Crippen molar-refractivity contribution < 1.29 is 14.0 Å². The fourth-order valence-electron chi connectivity index (χ4n) is 3.71. The zero-order valence-corrected chi connectivity index (χ0v) is 15.9. The molecule has 0 bridgehead atoms. The van der Waals surface area contributed by atoms with Crippen molar-refractivity contribution in [3.63, 3.8) is 0 Å². The predicted octanol–water partition coefficient (Wildman–Crippen LogP) is 3.13. The first-order chi connectivity index (χ1) is 13.6. The van der Waals surface area contributed by atoms with Crippen LogP contribution in [0, 0.1) is 0 Å². The second-order valence-electron chi connectivity index (χ2n) is 7.16. The van der Waals surface area contributed by atoms with Crippen molar-refractivity contribution in [1.82, 2.24) is 19.8 Å². The van der Waals surface area contributed by atoms with Gasteiger partial charge in [-0.2, -0.15) is 0 Å². The van der Waals surface area contributed by atoms with E-state index in [0.29, 0.717) is 5.82 Å². The van der Waals surface area contributed by atoms with E-state index in [-0.39, 0.29) is 30.2 Å². The molecule has 1 saturated heterocycles. The molecule has 0 radical (unpaired) electrons. The van der Waals surface area contributed by atoms with E-state index in [9.17, 15) is 9.59 Å². The van der Waals surface area contributed by atoms with Gasteiger partial charge in [-0.15, -0.1) is 0 Å². The Hall–Kier alpha value is -3.09. The van der Waals surface area contributed by atoms with Crippen LogP contribution < -0.4 is 5.32 Å². The molecule has 3 heterocycles. The summed E-state index contributed by atoms with van der Waals surface area (Å²) in [6.45, 7) is 3.71. The number of carbonyl (C=O) groups is 2. The van der Waals surface area contributed by atoms with E-state index in [1.807, 2.05) is 40.7 Å². The van der Waals surface area contributed by atoms with Crippen LogP contribution in [-0.4, -0.2) is 39.4 Å². The number of hydrogen-bond acceptors (Lipinski definition) is 4. The van der Waals surface area contributed by atoms with Crippen molar-refractivity contribution in [3.8, 4) is 0 Å². The lowest BCUT2D eigenvalue weighted by Crippen LogP contribution is -2.38. The lowest BCUT2D eigenvalue weighted by atomic mass is 10.1. The maximum absolute atomic E-state index is 12.9. The van der Waals surface area contributed by atoms with Gasteiger partial charge in [0, 0.05) is 13.1 Å². The molecule has 28 heavy (non-hydrogen) atoms. The van der Waals surface area contributed by atoms with E-state index in [1.165, 1.54) is 12.7 Å². The van der Waals surface area contributed by atoms with Gasteiger partial charge in [-0.3, -0.25) is 9.59 Å². The highest BCUT2D eigenvalue weighted by Gasteiger charge is 2.23. The van der Waals surface area contributed by atoms with Crippen molar-refractivity contribution in [3.05, 3.63) is 54.2 Å². The molecule has 7 nitrogen and oxygen atoms in total. The predicted molar refractivity (Wildman–Crippen MR) is 105 cm³/mol. The number of amides is 2. The summed E-state index contributed by atoms with van der Waals surface area (Å²) in [7, 11) is 0. The molecule has 1 aliphatic heterocycles. The molecule has 7 heteroatoms. The van der Waals surface area contributed by atoms with E-state index >= 15 is 0 Å². The molecule has 1 atom stereocenters. The normalized spacial score (nSPS) is 15.5. The van der Waals surface area contributed by atoms with Gasteiger partial charge >= 0.3 is 0 Å². The van der Waals surface area contributed by atoms with Crippen LogP contribution in [-0.2, 0) is 11.3 Å². The molecular weight excluding hydrogens is 356 g/mol. The largest absolute Gasteiger partial charge is 0.459 e. The van der Waals surface area contributed by atoms with Crippen LogP contribution in [0.5, 0.6) is 0 Å². The molecule has 0 saturated carbocycles. The second-order valence-corrected chi connectivity index (χ2v) is 7.16. The quantitative estimate of drug-likeness (QED) is 0.737. The third-order valence-corrected chi connectivity index (χ3v) is 5.17. The number of rotatable bonds is 5. The van der Waals surface area contributed by atoms with Crippen molar-refractivity contribution in [2.75, 3.05) is 13.1 Å². The van der Waals surface area contributed by atoms with E-state index in [2.05, 4.69) is 5.32 Å². The van der Waals surface area contributed by atoms with E-state index in [1.54, 1.807) is 12.1 Å². The summed E-state index contributed by atoms with van der Waals surface area (Å²) >= 11 is 0. The molecule has 1 unspecified atom stereocenters. The fourth-order valence-corrected chi connectivity index (χ4v) is 3.71. The van der Waals surface area contributed by atoms with Crippen molar-refractivity contribution in [2.24, 2.45) is 0 Å². The van der Waals surface area contributed by atoms with Crippen LogP contribution in [0.3, 0.4) is 0 Å². The van der Waals surface area contributed by atoms with Crippen molar-refractivity contribution in [1.29, 1.82) is 0 Å². The molecule has 1 fully saturated rings. The molecule has 2 amide bonds. The first kappa shape index (κ1) is 18.3. The number of carbonyl (C=O) groups excluding carboxylic acids is 2. The van der Waals surface area contributed by atoms with Gasteiger partial charge in [0.25, 0.3) is 5.91 Å². The maximum atomic E-state index is 12.9. The molecule has 0 spiro atoms. The van der Waals surface area contributed by atoms with Crippen LogP contribution in [0.25, 0.3) is 11.0 Å². The van der Waals surface area contributed by atoms with E-state index in [4.69, 9.17) is 9.40 Å². The zero-order chi connectivity index (χ0) is 19.5. The number of hydrogen-bond donors (Lipinski definition) is 1. The Morgan fingerprint density at radius 3 is 2.68 bits per heavy atom. The molecule has 4 rings (SSSR count). The van der Waals surface area contributed by atoms with Gasteiger partial charge in [0.1, 0.15) is 12.4 Å². The summed E-state index contributed by atoms with van der Waals surface area (Å²) in [6, 6.07) is 10.6. The van der Waals surface area contributed by atoms with Crippen molar-refractivity contribution in [2.45, 2.75) is 38.8 Å². The van der Waals surface area contributed by atoms with E-state index in [0.717, 1.165) is 37.0 Å². The second kappa shape index (κ2) is 7.88. The summed E-state index contributed by atoms with van der Waals surface area (Å²) in [5, 5.41) is 2.91. The number of para-hydroxylation sites is 2. The molecule has 1 aromatic carbocycles. The number of aromatic nitrogens is 2. The highest BCUT2D eigenvalue weighted by atomic mass is 16.3. The van der Waals surface area contributed by atoms with Gasteiger partial charge in [0.15, 0.2) is 5.76 Å². The van der Waals surface area contributed by atoms with Crippen LogP contribution >= 0.6 is 0 Å². The third kappa shape index (κ3) is 3.65. The summed E-state index contributed by atoms with van der Waals surface area (Å²) in [4.78, 5) is 31.9. The monoisotopic (exact) mass is 380 g/mol. The SMILES string of the molecule is CC(NC(=O)c1ccco1)c1nc2ccccc2n1CC(=O)N1CCCCC1. The van der Waals surface area contributed by atoms with Gasteiger partial charge in [-0.25, -0.2) is 4.98 Å². The minimum Gasteiger partial charge on any atom is -0.459 e. The first-order valence-corrected chi connectivity index (χ1v) is 9.71. The maximum Gasteiger partial charge on any atom is 0.287 e. The Balaban J connectivity index is 1.61. The van der Waals surface area contributed by atoms with E-state index < -0.39 is 0 Å². The number of benzene rings is 1. The molecule has 1 aliphatic rings. The topological polar surface area (TPSA) is 80.4 Å². The lowest BCUT2D eigenvalue weighted by Gasteiger charge is -2.27. The number of fused-ring (bicyclic) bond motifs is 1. The Bertz CT molecular complexity index is 971. The van der Waals surface area contributed by atoms with Gasteiger partial charge < -0.3 is 19.2 Å². The lowest BCUT2D eigenvalue weighted by molar-refractivity contribution is -0.132. The average molecular weight is 380 g/mol. The minimum atomic E-state index is -0.376. The van der Waals surface area contributed by atoms with Crippen molar-refractivity contribution >= 4 is 22.8 Å². The Morgan fingerprint density at radius 1 is 1.14 bits per heavy atom. The van der Waals surface area contributed by atoms with Gasteiger partial charge in [0.05, 0.1) is 23.3 Å². The number of furan rings is 1. The summed E-state index contributed by atoms with van der Waals surface area (Å²) < 4.78 is 7.08. The molecule has 146 valence electrons. The molecule has 2 aromatic heterocycles. The number of piperidine rings is 1. The average Bonchev–Trinajstić information content (AvgIpc) is 3.37. The smallest absolute Gasteiger partial charge is 0.287 e. The Labute approximate surface area is 163 Å². The minimum absolute atomic E-state index is 0.0914. The molecular formula is C21H24N4O3. The number of nitrogens with one attached hydrogen (secondary N) is 1. The summed E-state index contributed by atoms with van der Waals surface area (Å²) in [5.41, 5.74) is 1.70. The van der Waals surface area contributed by atoms with Crippen LogP contribution in [0.2, 0.25) is 0 Å². The molecule has 3 aromatic rings. The number of likely N-dealkylation sites (tertiary alicyclic amines) is 1. The Kier molecular flexibility index (Phi) is 5.14. The third-order valence-electron chi connectivity index (χ3n) is 5.17. The Morgan fingerprint density at radius 2 is 1.93 bits per heavy atom.